The number of rotatable bonds is 3. The second-order valence-electron chi connectivity index (χ2n) is 5.62. The van der Waals surface area contributed by atoms with Gasteiger partial charge in [0.25, 0.3) is 11.5 Å². The van der Waals surface area contributed by atoms with Crippen LogP contribution in [0.5, 0.6) is 0 Å². The molecule has 1 aliphatic rings. The fourth-order valence-corrected chi connectivity index (χ4v) is 3.46. The van der Waals surface area contributed by atoms with E-state index in [9.17, 15) is 14.0 Å². The van der Waals surface area contributed by atoms with E-state index in [1.54, 1.807) is 0 Å². The molecule has 0 bridgehead atoms. The van der Waals surface area contributed by atoms with E-state index in [4.69, 9.17) is 4.74 Å². The monoisotopic (exact) mass is 375 g/mol. The molecule has 2 aromatic heterocycles. The van der Waals surface area contributed by atoms with E-state index < -0.39 is 17.3 Å². The van der Waals surface area contributed by atoms with Crippen LogP contribution in [0, 0.1) is 5.82 Å². The van der Waals surface area contributed by atoms with Gasteiger partial charge in [-0.3, -0.25) is 9.59 Å². The minimum Gasteiger partial charge on any atom is -0.378 e. The summed E-state index contributed by atoms with van der Waals surface area (Å²) in [6.45, 7) is 2.58. The number of fused-ring (bicyclic) bond motifs is 1. The molecule has 1 amide bonds. The molecule has 0 atom stereocenters. The third kappa shape index (κ3) is 3.16. The lowest BCUT2D eigenvalue weighted by molar-refractivity contribution is 0.102. The van der Waals surface area contributed by atoms with Crippen molar-refractivity contribution in [1.82, 2.24) is 14.6 Å². The first-order valence-corrected chi connectivity index (χ1v) is 8.72. The Labute approximate surface area is 150 Å². The van der Waals surface area contributed by atoms with Gasteiger partial charge in [0, 0.05) is 25.0 Å². The van der Waals surface area contributed by atoms with Crippen molar-refractivity contribution in [3.05, 3.63) is 52.2 Å². The summed E-state index contributed by atoms with van der Waals surface area (Å²) in [4.78, 5) is 31.6. The molecular weight excluding hydrogens is 361 g/mol. The van der Waals surface area contributed by atoms with E-state index in [1.807, 2.05) is 4.90 Å². The van der Waals surface area contributed by atoms with Gasteiger partial charge in [0.1, 0.15) is 11.4 Å². The van der Waals surface area contributed by atoms with Crippen LogP contribution in [-0.4, -0.2) is 46.8 Å². The molecule has 0 spiro atoms. The van der Waals surface area contributed by atoms with E-state index in [2.05, 4.69) is 15.4 Å². The summed E-state index contributed by atoms with van der Waals surface area (Å²) in [5.41, 5.74) is -0.302. The van der Waals surface area contributed by atoms with Gasteiger partial charge in [0.2, 0.25) is 10.1 Å². The van der Waals surface area contributed by atoms with Crippen molar-refractivity contribution in [2.45, 2.75) is 0 Å². The van der Waals surface area contributed by atoms with Crippen molar-refractivity contribution in [2.24, 2.45) is 0 Å². The molecule has 134 valence electrons. The molecule has 8 nitrogen and oxygen atoms in total. The highest BCUT2D eigenvalue weighted by atomic mass is 32.1. The van der Waals surface area contributed by atoms with Gasteiger partial charge in [0.05, 0.1) is 13.2 Å². The Morgan fingerprint density at radius 2 is 1.96 bits per heavy atom. The summed E-state index contributed by atoms with van der Waals surface area (Å²) >= 11 is 1.28. The predicted octanol–water partition coefficient (Wildman–Crippen LogP) is 1.38. The SMILES string of the molecule is O=C(Nc1ccc(F)cc1)c1cnc2sc(N3CCOCC3)nn2c1=O. The van der Waals surface area contributed by atoms with Gasteiger partial charge < -0.3 is 15.0 Å². The summed E-state index contributed by atoms with van der Waals surface area (Å²) in [7, 11) is 0. The maximum atomic E-state index is 12.9. The lowest BCUT2D eigenvalue weighted by Gasteiger charge is -2.25. The fraction of sp³-hybridized carbons (Fsp3) is 0.250. The van der Waals surface area contributed by atoms with Crippen molar-refractivity contribution in [3.8, 4) is 0 Å². The number of hydrogen-bond acceptors (Lipinski definition) is 7. The number of benzene rings is 1. The quantitative estimate of drug-likeness (QED) is 0.744. The van der Waals surface area contributed by atoms with E-state index in [0.717, 1.165) is 4.52 Å². The summed E-state index contributed by atoms with van der Waals surface area (Å²) in [6.07, 6.45) is 1.23. The molecule has 3 heterocycles. The number of aromatic nitrogens is 3. The molecule has 10 heteroatoms. The standard InChI is InChI=1S/C16H14FN5O3S/c17-10-1-3-11(4-2-10)19-13(23)12-9-18-15-22(14(12)24)20-16(26-15)21-5-7-25-8-6-21/h1-4,9H,5-8H2,(H,19,23). The number of morpholine rings is 1. The van der Waals surface area contributed by atoms with Gasteiger partial charge in [-0.15, -0.1) is 5.10 Å². The first-order valence-electron chi connectivity index (χ1n) is 7.90. The van der Waals surface area contributed by atoms with Crippen LogP contribution in [0.3, 0.4) is 0 Å². The third-order valence-electron chi connectivity index (χ3n) is 3.90. The molecule has 1 N–H and O–H groups in total. The zero-order valence-electron chi connectivity index (χ0n) is 13.5. The Kier molecular flexibility index (Phi) is 4.35. The van der Waals surface area contributed by atoms with E-state index in [1.165, 1.54) is 41.8 Å². The van der Waals surface area contributed by atoms with Gasteiger partial charge in [-0.1, -0.05) is 11.3 Å². The minimum atomic E-state index is -0.621. The van der Waals surface area contributed by atoms with Crippen molar-refractivity contribution in [3.63, 3.8) is 0 Å². The second-order valence-corrected chi connectivity index (χ2v) is 6.55. The van der Waals surface area contributed by atoms with Crippen LogP contribution in [0.15, 0.2) is 35.3 Å². The molecule has 0 unspecified atom stereocenters. The Bertz CT molecular complexity index is 1010. The number of carbonyl (C=O) groups is 1. The number of ether oxygens (including phenoxy) is 1. The Hall–Kier alpha value is -2.85. The van der Waals surface area contributed by atoms with Crippen LogP contribution in [-0.2, 0) is 4.74 Å². The fourth-order valence-electron chi connectivity index (χ4n) is 2.55. The first kappa shape index (κ1) is 16.6. The van der Waals surface area contributed by atoms with Crippen LogP contribution < -0.4 is 15.8 Å². The van der Waals surface area contributed by atoms with Gasteiger partial charge in [-0.25, -0.2) is 9.37 Å². The molecule has 1 fully saturated rings. The Balaban J connectivity index is 1.63. The van der Waals surface area contributed by atoms with E-state index in [0.29, 0.717) is 42.1 Å². The van der Waals surface area contributed by atoms with Crippen molar-refractivity contribution < 1.29 is 13.9 Å². The molecule has 3 aromatic rings. The lowest BCUT2D eigenvalue weighted by atomic mass is 10.2. The number of nitrogens with zero attached hydrogens (tertiary/aromatic N) is 4. The molecule has 1 saturated heterocycles. The molecule has 0 radical (unpaired) electrons. The third-order valence-corrected chi connectivity index (χ3v) is 4.89. The highest BCUT2D eigenvalue weighted by Gasteiger charge is 2.20. The van der Waals surface area contributed by atoms with Crippen LogP contribution in [0.25, 0.3) is 4.96 Å². The summed E-state index contributed by atoms with van der Waals surface area (Å²) in [6, 6.07) is 5.27. The number of halogens is 1. The molecular formula is C16H14FN5O3S. The Morgan fingerprint density at radius 3 is 2.69 bits per heavy atom. The van der Waals surface area contributed by atoms with Crippen molar-refractivity contribution >= 4 is 33.0 Å². The van der Waals surface area contributed by atoms with Crippen LogP contribution in [0.4, 0.5) is 15.2 Å². The van der Waals surface area contributed by atoms with Crippen LogP contribution in [0.2, 0.25) is 0 Å². The maximum absolute atomic E-state index is 12.9. The van der Waals surface area contributed by atoms with Crippen LogP contribution in [0.1, 0.15) is 10.4 Å². The predicted molar refractivity (Wildman–Crippen MR) is 94.5 cm³/mol. The first-order chi connectivity index (χ1) is 12.6. The summed E-state index contributed by atoms with van der Waals surface area (Å²) in [5.74, 6) is -1.03. The maximum Gasteiger partial charge on any atom is 0.288 e. The summed E-state index contributed by atoms with van der Waals surface area (Å²) < 4.78 is 19.4. The number of anilines is 2. The zero-order chi connectivity index (χ0) is 18.1. The average molecular weight is 375 g/mol. The molecule has 0 aliphatic carbocycles. The topological polar surface area (TPSA) is 88.8 Å². The van der Waals surface area contributed by atoms with Gasteiger partial charge >= 0.3 is 0 Å². The largest absolute Gasteiger partial charge is 0.378 e. The minimum absolute atomic E-state index is 0.134. The molecule has 4 rings (SSSR count). The average Bonchev–Trinajstić information content (AvgIpc) is 3.10. The molecule has 1 aromatic carbocycles. The molecule has 1 aliphatic heterocycles. The van der Waals surface area contributed by atoms with Gasteiger partial charge in [-0.05, 0) is 24.3 Å². The normalized spacial score (nSPS) is 14.6. The van der Waals surface area contributed by atoms with Crippen LogP contribution >= 0.6 is 11.3 Å². The number of hydrogen-bond donors (Lipinski definition) is 1. The van der Waals surface area contributed by atoms with E-state index in [-0.39, 0.29) is 5.56 Å². The Morgan fingerprint density at radius 1 is 1.23 bits per heavy atom. The molecule has 0 saturated carbocycles. The number of amides is 1. The van der Waals surface area contributed by atoms with Gasteiger partial charge in [0.15, 0.2) is 0 Å². The highest BCUT2D eigenvalue weighted by molar-refractivity contribution is 7.20. The van der Waals surface area contributed by atoms with Crippen molar-refractivity contribution in [2.75, 3.05) is 36.5 Å². The van der Waals surface area contributed by atoms with Gasteiger partial charge in [-0.2, -0.15) is 4.52 Å². The second kappa shape index (κ2) is 6.81. The lowest BCUT2D eigenvalue weighted by Crippen LogP contribution is -2.36. The summed E-state index contributed by atoms with van der Waals surface area (Å²) in [5, 5.41) is 7.51. The van der Waals surface area contributed by atoms with E-state index >= 15 is 0 Å². The highest BCUT2D eigenvalue weighted by Crippen LogP contribution is 2.22. The molecule has 26 heavy (non-hydrogen) atoms. The zero-order valence-corrected chi connectivity index (χ0v) is 14.3. The smallest absolute Gasteiger partial charge is 0.288 e. The number of carbonyl (C=O) groups excluding carboxylic acids is 1. The van der Waals surface area contributed by atoms with Crippen molar-refractivity contribution in [1.29, 1.82) is 0 Å². The number of nitrogens with one attached hydrogen (secondary N) is 1.